The molecule has 4 rings (SSSR count). The van der Waals surface area contributed by atoms with E-state index in [0.29, 0.717) is 45.7 Å². The standard InChI is InChI=1S/C22H21Cl2N5OS/c1-14(2)12-29-21(17-9-8-16(23)11-18(17)24)27-28-22(29)31-13-20-26-25-19(30-20)10-15-6-4-3-5-7-15/h3-9,11,14H,10,12-13H2,1-2H3. The first kappa shape index (κ1) is 21.9. The summed E-state index contributed by atoms with van der Waals surface area (Å²) in [4.78, 5) is 0. The molecule has 2 heterocycles. The highest BCUT2D eigenvalue weighted by atomic mass is 35.5. The van der Waals surface area contributed by atoms with Crippen LogP contribution in [0.4, 0.5) is 0 Å². The molecule has 160 valence electrons. The number of hydrogen-bond donors (Lipinski definition) is 0. The molecule has 0 unspecified atom stereocenters. The minimum absolute atomic E-state index is 0.404. The Morgan fingerprint density at radius 2 is 1.74 bits per heavy atom. The Morgan fingerprint density at radius 3 is 2.48 bits per heavy atom. The highest BCUT2D eigenvalue weighted by molar-refractivity contribution is 7.98. The lowest BCUT2D eigenvalue weighted by atomic mass is 10.2. The maximum absolute atomic E-state index is 6.42. The van der Waals surface area contributed by atoms with E-state index in [4.69, 9.17) is 27.6 Å². The van der Waals surface area contributed by atoms with Crippen LogP contribution in [0.25, 0.3) is 11.4 Å². The van der Waals surface area contributed by atoms with Gasteiger partial charge >= 0.3 is 0 Å². The van der Waals surface area contributed by atoms with Crippen molar-refractivity contribution >= 4 is 35.0 Å². The number of thioether (sulfide) groups is 1. The van der Waals surface area contributed by atoms with Gasteiger partial charge in [0.1, 0.15) is 0 Å². The van der Waals surface area contributed by atoms with Crippen molar-refractivity contribution in [1.29, 1.82) is 0 Å². The van der Waals surface area contributed by atoms with Crippen LogP contribution in [0.2, 0.25) is 10.0 Å². The second-order valence-corrected chi connectivity index (χ2v) is 9.26. The lowest BCUT2D eigenvalue weighted by Gasteiger charge is -2.13. The number of rotatable bonds is 8. The predicted octanol–water partition coefficient (Wildman–Crippen LogP) is 6.17. The fourth-order valence-corrected chi connectivity index (χ4v) is 4.39. The van der Waals surface area contributed by atoms with Gasteiger partial charge in [-0.25, -0.2) is 0 Å². The van der Waals surface area contributed by atoms with Crippen molar-refractivity contribution in [2.24, 2.45) is 5.92 Å². The summed E-state index contributed by atoms with van der Waals surface area (Å²) in [6, 6.07) is 15.4. The van der Waals surface area contributed by atoms with Gasteiger partial charge in [0.2, 0.25) is 11.8 Å². The topological polar surface area (TPSA) is 69.6 Å². The number of nitrogens with zero attached hydrogens (tertiary/aromatic N) is 5. The quantitative estimate of drug-likeness (QED) is 0.284. The maximum Gasteiger partial charge on any atom is 0.226 e. The van der Waals surface area contributed by atoms with Crippen molar-refractivity contribution in [2.45, 2.75) is 37.7 Å². The van der Waals surface area contributed by atoms with Gasteiger partial charge in [0.25, 0.3) is 0 Å². The summed E-state index contributed by atoms with van der Waals surface area (Å²) in [5.74, 6) is 2.78. The minimum atomic E-state index is 0.404. The number of benzene rings is 2. The summed E-state index contributed by atoms with van der Waals surface area (Å²) >= 11 is 14.0. The molecule has 0 saturated carbocycles. The van der Waals surface area contributed by atoms with Gasteiger partial charge in [-0.2, -0.15) is 0 Å². The molecule has 2 aromatic heterocycles. The number of aromatic nitrogens is 5. The average molecular weight is 474 g/mol. The van der Waals surface area contributed by atoms with Crippen molar-refractivity contribution in [3.63, 3.8) is 0 Å². The van der Waals surface area contributed by atoms with Gasteiger partial charge in [-0.3, -0.25) is 0 Å². The normalized spacial score (nSPS) is 11.4. The lowest BCUT2D eigenvalue weighted by Crippen LogP contribution is -2.08. The van der Waals surface area contributed by atoms with E-state index in [1.165, 1.54) is 11.8 Å². The Labute approximate surface area is 195 Å². The molecule has 0 fully saturated rings. The molecule has 0 saturated heterocycles. The molecule has 4 aromatic rings. The third-order valence-corrected chi connectivity index (χ3v) is 5.97. The maximum atomic E-state index is 6.42. The zero-order chi connectivity index (χ0) is 21.8. The Hall–Kier alpha value is -2.35. The van der Waals surface area contributed by atoms with Crippen LogP contribution >= 0.6 is 35.0 Å². The molecular formula is C22H21Cl2N5OS. The summed E-state index contributed by atoms with van der Waals surface area (Å²) in [6.45, 7) is 5.05. The third-order valence-electron chi connectivity index (χ3n) is 4.47. The molecule has 0 atom stereocenters. The van der Waals surface area contributed by atoms with Crippen LogP contribution in [0.1, 0.15) is 31.2 Å². The van der Waals surface area contributed by atoms with E-state index >= 15 is 0 Å². The van der Waals surface area contributed by atoms with Gasteiger partial charge in [-0.1, -0.05) is 79.1 Å². The molecule has 6 nitrogen and oxygen atoms in total. The summed E-state index contributed by atoms with van der Waals surface area (Å²) < 4.78 is 7.89. The van der Waals surface area contributed by atoms with Gasteiger partial charge in [0.15, 0.2) is 11.0 Å². The van der Waals surface area contributed by atoms with Crippen molar-refractivity contribution < 1.29 is 4.42 Å². The summed E-state index contributed by atoms with van der Waals surface area (Å²) in [5.41, 5.74) is 1.93. The van der Waals surface area contributed by atoms with Crippen LogP contribution in [0.3, 0.4) is 0 Å². The van der Waals surface area contributed by atoms with Crippen molar-refractivity contribution in [3.05, 3.63) is 75.9 Å². The van der Waals surface area contributed by atoms with E-state index in [2.05, 4.69) is 38.8 Å². The fourth-order valence-electron chi connectivity index (χ4n) is 3.11. The summed E-state index contributed by atoms with van der Waals surface area (Å²) in [5, 5.41) is 19.0. The summed E-state index contributed by atoms with van der Waals surface area (Å²) in [7, 11) is 0. The first-order valence-corrected chi connectivity index (χ1v) is 11.6. The van der Waals surface area contributed by atoms with Crippen LogP contribution in [-0.4, -0.2) is 25.0 Å². The molecule has 2 aromatic carbocycles. The fraction of sp³-hybridized carbons (Fsp3) is 0.273. The van der Waals surface area contributed by atoms with Crippen LogP contribution in [-0.2, 0) is 18.7 Å². The van der Waals surface area contributed by atoms with E-state index < -0.39 is 0 Å². The Balaban J connectivity index is 1.51. The van der Waals surface area contributed by atoms with E-state index in [9.17, 15) is 0 Å². The zero-order valence-electron chi connectivity index (χ0n) is 17.1. The first-order valence-electron chi connectivity index (χ1n) is 9.86. The molecule has 0 N–H and O–H groups in total. The smallest absolute Gasteiger partial charge is 0.226 e. The van der Waals surface area contributed by atoms with Gasteiger partial charge in [-0.15, -0.1) is 20.4 Å². The number of halogens is 2. The third kappa shape index (κ3) is 5.47. The van der Waals surface area contributed by atoms with Gasteiger partial charge in [0.05, 0.1) is 17.2 Å². The zero-order valence-corrected chi connectivity index (χ0v) is 19.5. The lowest BCUT2D eigenvalue weighted by molar-refractivity contribution is 0.473. The van der Waals surface area contributed by atoms with Crippen molar-refractivity contribution in [2.75, 3.05) is 0 Å². The molecule has 0 spiro atoms. The Morgan fingerprint density at radius 1 is 0.968 bits per heavy atom. The van der Waals surface area contributed by atoms with Crippen LogP contribution < -0.4 is 0 Å². The predicted molar refractivity (Wildman–Crippen MR) is 123 cm³/mol. The first-order chi connectivity index (χ1) is 15.0. The molecule has 31 heavy (non-hydrogen) atoms. The Bertz CT molecular complexity index is 1160. The Kier molecular flexibility index (Phi) is 6.95. The molecule has 0 amide bonds. The molecule has 0 bridgehead atoms. The van der Waals surface area contributed by atoms with E-state index in [1.807, 2.05) is 36.4 Å². The van der Waals surface area contributed by atoms with Crippen LogP contribution in [0, 0.1) is 5.92 Å². The molecule has 9 heteroatoms. The van der Waals surface area contributed by atoms with E-state index in [-0.39, 0.29) is 0 Å². The van der Waals surface area contributed by atoms with Gasteiger partial charge in [0, 0.05) is 17.1 Å². The minimum Gasteiger partial charge on any atom is -0.424 e. The van der Waals surface area contributed by atoms with E-state index in [0.717, 1.165) is 22.8 Å². The highest BCUT2D eigenvalue weighted by Crippen LogP contribution is 2.32. The van der Waals surface area contributed by atoms with Crippen molar-refractivity contribution in [1.82, 2.24) is 25.0 Å². The molecule has 0 aliphatic rings. The van der Waals surface area contributed by atoms with E-state index in [1.54, 1.807) is 12.1 Å². The molecule has 0 aliphatic carbocycles. The van der Waals surface area contributed by atoms with Crippen LogP contribution in [0.5, 0.6) is 0 Å². The second kappa shape index (κ2) is 9.85. The molecule has 0 radical (unpaired) electrons. The number of hydrogen-bond acceptors (Lipinski definition) is 6. The average Bonchev–Trinajstić information content (AvgIpc) is 3.34. The largest absolute Gasteiger partial charge is 0.424 e. The van der Waals surface area contributed by atoms with Gasteiger partial charge < -0.3 is 8.98 Å². The highest BCUT2D eigenvalue weighted by Gasteiger charge is 2.19. The molecular weight excluding hydrogens is 453 g/mol. The molecule has 0 aliphatic heterocycles. The van der Waals surface area contributed by atoms with Crippen LogP contribution in [0.15, 0.2) is 58.1 Å². The second-order valence-electron chi connectivity index (χ2n) is 7.48. The van der Waals surface area contributed by atoms with Crippen molar-refractivity contribution in [3.8, 4) is 11.4 Å². The monoisotopic (exact) mass is 473 g/mol. The SMILES string of the molecule is CC(C)Cn1c(SCc2nnc(Cc3ccccc3)o2)nnc1-c1ccc(Cl)cc1Cl. The summed E-state index contributed by atoms with van der Waals surface area (Å²) in [6.07, 6.45) is 0.612. The van der Waals surface area contributed by atoms with Gasteiger partial charge in [-0.05, 0) is 29.7 Å².